The highest BCUT2D eigenvalue weighted by Gasteiger charge is 2.05. The van der Waals surface area contributed by atoms with Crippen LogP contribution in [0.4, 0.5) is 0 Å². The number of nitrogens with one attached hydrogen (secondary N) is 1. The van der Waals surface area contributed by atoms with Crippen molar-refractivity contribution in [3.63, 3.8) is 0 Å². The molecule has 0 fully saturated rings. The van der Waals surface area contributed by atoms with Crippen molar-refractivity contribution in [3.8, 4) is 0 Å². The third-order valence-electron chi connectivity index (χ3n) is 2.19. The summed E-state index contributed by atoms with van der Waals surface area (Å²) in [6.07, 6.45) is 5.05. The Kier molecular flexibility index (Phi) is 9.42. The van der Waals surface area contributed by atoms with Gasteiger partial charge in [-0.15, -0.1) is 0 Å². The minimum atomic E-state index is 0.259. The molecule has 0 saturated heterocycles. The summed E-state index contributed by atoms with van der Waals surface area (Å²) in [6.45, 7) is 10.8. The maximum Gasteiger partial charge on any atom is 0.107 e. The summed E-state index contributed by atoms with van der Waals surface area (Å²) in [7, 11) is 0. The Morgan fingerprint density at radius 2 is 1.86 bits per heavy atom. The van der Waals surface area contributed by atoms with Crippen LogP contribution in [0, 0.1) is 5.92 Å². The molecule has 0 aromatic heterocycles. The fourth-order valence-corrected chi connectivity index (χ4v) is 1.27. The molecule has 2 nitrogen and oxygen atoms in total. The van der Waals surface area contributed by atoms with Gasteiger partial charge in [-0.1, -0.05) is 40.5 Å². The Bertz CT molecular complexity index is 115. The molecule has 0 spiro atoms. The van der Waals surface area contributed by atoms with E-state index in [1.54, 1.807) is 0 Å². The zero-order chi connectivity index (χ0) is 10.8. The minimum Gasteiger partial charge on any atom is -0.363 e. The van der Waals surface area contributed by atoms with Crippen LogP contribution < -0.4 is 5.32 Å². The monoisotopic (exact) mass is 201 g/mol. The van der Waals surface area contributed by atoms with E-state index in [0.717, 1.165) is 19.6 Å². The van der Waals surface area contributed by atoms with Crippen LogP contribution in [0.25, 0.3) is 0 Å². The van der Waals surface area contributed by atoms with Gasteiger partial charge in [0.2, 0.25) is 0 Å². The topological polar surface area (TPSA) is 21.3 Å². The van der Waals surface area contributed by atoms with E-state index in [-0.39, 0.29) is 6.23 Å². The fourth-order valence-electron chi connectivity index (χ4n) is 1.27. The molecule has 0 saturated carbocycles. The molecule has 1 N–H and O–H groups in total. The summed E-state index contributed by atoms with van der Waals surface area (Å²) < 4.78 is 5.73. The van der Waals surface area contributed by atoms with Gasteiger partial charge in [0.1, 0.15) is 6.23 Å². The van der Waals surface area contributed by atoms with Crippen molar-refractivity contribution < 1.29 is 4.74 Å². The number of unbranched alkanes of at least 4 members (excludes halogenated alkanes) is 2. The Morgan fingerprint density at radius 1 is 1.14 bits per heavy atom. The van der Waals surface area contributed by atoms with Crippen LogP contribution in [-0.4, -0.2) is 19.4 Å². The van der Waals surface area contributed by atoms with Crippen molar-refractivity contribution in [1.82, 2.24) is 5.32 Å². The summed E-state index contributed by atoms with van der Waals surface area (Å²) in [5.41, 5.74) is 0. The first-order valence-electron chi connectivity index (χ1n) is 6.05. The highest BCUT2D eigenvalue weighted by atomic mass is 16.5. The molecule has 0 aromatic carbocycles. The van der Waals surface area contributed by atoms with Crippen LogP contribution in [-0.2, 0) is 4.74 Å². The maximum atomic E-state index is 5.73. The Morgan fingerprint density at radius 3 is 2.36 bits per heavy atom. The van der Waals surface area contributed by atoms with E-state index in [2.05, 4.69) is 33.0 Å². The maximum absolute atomic E-state index is 5.73. The van der Waals surface area contributed by atoms with Crippen molar-refractivity contribution in [2.75, 3.05) is 13.2 Å². The lowest BCUT2D eigenvalue weighted by Crippen LogP contribution is -2.34. The van der Waals surface area contributed by atoms with Gasteiger partial charge < -0.3 is 4.74 Å². The fraction of sp³-hybridized carbons (Fsp3) is 1.00. The van der Waals surface area contributed by atoms with Crippen LogP contribution in [0.1, 0.15) is 53.4 Å². The lowest BCUT2D eigenvalue weighted by molar-refractivity contribution is 0.0233. The molecule has 0 aliphatic heterocycles. The van der Waals surface area contributed by atoms with Crippen molar-refractivity contribution in [3.05, 3.63) is 0 Å². The quantitative estimate of drug-likeness (QED) is 0.457. The lowest BCUT2D eigenvalue weighted by atomic mass is 10.2. The molecule has 0 aliphatic rings. The van der Waals surface area contributed by atoms with E-state index < -0.39 is 0 Å². The van der Waals surface area contributed by atoms with Gasteiger partial charge in [-0.25, -0.2) is 0 Å². The van der Waals surface area contributed by atoms with Crippen LogP contribution in [0.2, 0.25) is 0 Å². The van der Waals surface area contributed by atoms with Crippen molar-refractivity contribution in [1.29, 1.82) is 0 Å². The molecule has 0 heterocycles. The summed E-state index contributed by atoms with van der Waals surface area (Å²) >= 11 is 0. The van der Waals surface area contributed by atoms with Crippen LogP contribution >= 0.6 is 0 Å². The molecule has 1 unspecified atom stereocenters. The standard InChI is InChI=1S/C12H27NO/c1-5-7-8-9-14-12(6-2)13-10-11(3)4/h11-13H,5-10H2,1-4H3. The largest absolute Gasteiger partial charge is 0.363 e. The molecule has 2 heteroatoms. The van der Waals surface area contributed by atoms with Gasteiger partial charge in [-0.2, -0.15) is 0 Å². The second kappa shape index (κ2) is 9.47. The van der Waals surface area contributed by atoms with Crippen LogP contribution in [0.15, 0.2) is 0 Å². The smallest absolute Gasteiger partial charge is 0.107 e. The van der Waals surface area contributed by atoms with E-state index in [0.29, 0.717) is 5.92 Å². The molecule has 14 heavy (non-hydrogen) atoms. The third kappa shape index (κ3) is 8.52. The van der Waals surface area contributed by atoms with Gasteiger partial charge in [0.15, 0.2) is 0 Å². The van der Waals surface area contributed by atoms with Crippen molar-refractivity contribution in [2.24, 2.45) is 5.92 Å². The van der Waals surface area contributed by atoms with Gasteiger partial charge in [0, 0.05) is 6.61 Å². The Labute approximate surface area is 89.4 Å². The Hall–Kier alpha value is -0.0800. The van der Waals surface area contributed by atoms with E-state index in [1.165, 1.54) is 19.3 Å². The molecule has 0 aromatic rings. The van der Waals surface area contributed by atoms with Gasteiger partial charge in [-0.3, -0.25) is 5.32 Å². The molecule has 0 aliphatic carbocycles. The molecule has 1 atom stereocenters. The average molecular weight is 201 g/mol. The molecule has 86 valence electrons. The zero-order valence-corrected chi connectivity index (χ0v) is 10.3. The van der Waals surface area contributed by atoms with Gasteiger partial charge in [0.05, 0.1) is 0 Å². The molecule has 0 bridgehead atoms. The number of ether oxygens (including phenoxy) is 1. The first-order chi connectivity index (χ1) is 6.70. The minimum absolute atomic E-state index is 0.259. The van der Waals surface area contributed by atoms with E-state index in [9.17, 15) is 0 Å². The first-order valence-corrected chi connectivity index (χ1v) is 6.05. The molecule has 0 rings (SSSR count). The first kappa shape index (κ1) is 13.9. The number of rotatable bonds is 9. The molecular weight excluding hydrogens is 174 g/mol. The molecule has 0 radical (unpaired) electrons. The van der Waals surface area contributed by atoms with Crippen molar-refractivity contribution in [2.45, 2.75) is 59.6 Å². The second-order valence-electron chi connectivity index (χ2n) is 4.28. The summed E-state index contributed by atoms with van der Waals surface area (Å²) in [4.78, 5) is 0. The van der Waals surface area contributed by atoms with Crippen LogP contribution in [0.5, 0.6) is 0 Å². The average Bonchev–Trinajstić information content (AvgIpc) is 2.16. The summed E-state index contributed by atoms with van der Waals surface area (Å²) in [5, 5.41) is 3.42. The zero-order valence-electron chi connectivity index (χ0n) is 10.3. The summed E-state index contributed by atoms with van der Waals surface area (Å²) in [5.74, 6) is 0.697. The highest BCUT2D eigenvalue weighted by molar-refractivity contribution is 4.56. The lowest BCUT2D eigenvalue weighted by Gasteiger charge is -2.19. The van der Waals surface area contributed by atoms with E-state index in [4.69, 9.17) is 4.74 Å². The highest BCUT2D eigenvalue weighted by Crippen LogP contribution is 2.00. The number of hydrogen-bond acceptors (Lipinski definition) is 2. The second-order valence-corrected chi connectivity index (χ2v) is 4.28. The Balaban J connectivity index is 3.38. The van der Waals surface area contributed by atoms with Crippen LogP contribution in [0.3, 0.4) is 0 Å². The predicted octanol–water partition coefficient (Wildman–Crippen LogP) is 3.17. The van der Waals surface area contributed by atoms with Gasteiger partial charge in [-0.05, 0) is 25.3 Å². The third-order valence-corrected chi connectivity index (χ3v) is 2.19. The molecular formula is C12H27NO. The number of hydrogen-bond donors (Lipinski definition) is 1. The predicted molar refractivity (Wildman–Crippen MR) is 62.4 cm³/mol. The van der Waals surface area contributed by atoms with E-state index in [1.807, 2.05) is 0 Å². The summed E-state index contributed by atoms with van der Waals surface area (Å²) in [6, 6.07) is 0. The van der Waals surface area contributed by atoms with Gasteiger partial charge in [0.25, 0.3) is 0 Å². The molecule has 0 amide bonds. The van der Waals surface area contributed by atoms with Gasteiger partial charge >= 0.3 is 0 Å². The normalized spacial score (nSPS) is 13.5. The SMILES string of the molecule is CCCCCOC(CC)NCC(C)C. The van der Waals surface area contributed by atoms with Crippen molar-refractivity contribution >= 4 is 0 Å². The van der Waals surface area contributed by atoms with E-state index >= 15 is 0 Å².